The topological polar surface area (TPSA) is 26.0 Å². The van der Waals surface area contributed by atoms with Crippen molar-refractivity contribution in [2.24, 2.45) is 5.73 Å². The van der Waals surface area contributed by atoms with E-state index in [0.717, 1.165) is 12.8 Å². The molecular formula is C8H15N. The van der Waals surface area contributed by atoms with Gasteiger partial charge in [0, 0.05) is 0 Å². The molecule has 0 amide bonds. The highest BCUT2D eigenvalue weighted by atomic mass is 14.5. The molecule has 0 atom stereocenters. The maximum atomic E-state index is 5.16. The van der Waals surface area contributed by atoms with Crippen LogP contribution >= 0.6 is 0 Å². The lowest BCUT2D eigenvalue weighted by atomic mass is 10.1. The summed E-state index contributed by atoms with van der Waals surface area (Å²) in [5, 5.41) is 0. The van der Waals surface area contributed by atoms with Crippen LogP contribution in [0, 0.1) is 0 Å². The van der Waals surface area contributed by atoms with E-state index in [9.17, 15) is 0 Å². The summed E-state index contributed by atoms with van der Waals surface area (Å²) >= 11 is 0. The predicted molar refractivity (Wildman–Crippen MR) is 42.0 cm³/mol. The molecule has 1 heteroatoms. The van der Waals surface area contributed by atoms with E-state index in [2.05, 4.69) is 19.9 Å². The molecule has 0 aliphatic carbocycles. The van der Waals surface area contributed by atoms with E-state index in [1.54, 1.807) is 6.20 Å². The Balaban J connectivity index is 3.75. The van der Waals surface area contributed by atoms with Crippen LogP contribution in [0.1, 0.15) is 26.7 Å². The summed E-state index contributed by atoms with van der Waals surface area (Å²) in [6, 6.07) is 0. The first-order chi connectivity index (χ1) is 4.35. The molecule has 0 aliphatic heterocycles. The number of hydrogen-bond donors (Lipinski definition) is 1. The van der Waals surface area contributed by atoms with Gasteiger partial charge in [0.2, 0.25) is 0 Å². The minimum Gasteiger partial charge on any atom is -0.405 e. The molecule has 0 spiro atoms. The van der Waals surface area contributed by atoms with E-state index in [1.165, 1.54) is 5.57 Å². The van der Waals surface area contributed by atoms with Gasteiger partial charge in [0.15, 0.2) is 0 Å². The van der Waals surface area contributed by atoms with Crippen LogP contribution in [0.25, 0.3) is 0 Å². The average molecular weight is 125 g/mol. The van der Waals surface area contributed by atoms with Crippen molar-refractivity contribution in [2.75, 3.05) is 0 Å². The highest BCUT2D eigenvalue weighted by Crippen LogP contribution is 2.04. The second kappa shape index (κ2) is 5.42. The largest absolute Gasteiger partial charge is 0.405 e. The van der Waals surface area contributed by atoms with Crippen molar-refractivity contribution in [3.05, 3.63) is 23.9 Å². The zero-order chi connectivity index (χ0) is 7.11. The zero-order valence-corrected chi connectivity index (χ0v) is 6.22. The van der Waals surface area contributed by atoms with Crippen molar-refractivity contribution < 1.29 is 0 Å². The Morgan fingerprint density at radius 3 is 2.22 bits per heavy atom. The summed E-state index contributed by atoms with van der Waals surface area (Å²) in [6.45, 7) is 4.30. The van der Waals surface area contributed by atoms with Crippen LogP contribution in [0.4, 0.5) is 0 Å². The Labute approximate surface area is 57.3 Å². The lowest BCUT2D eigenvalue weighted by Crippen LogP contribution is -1.77. The Kier molecular flexibility index (Phi) is 4.98. The first-order valence-corrected chi connectivity index (χ1v) is 3.41. The van der Waals surface area contributed by atoms with Crippen molar-refractivity contribution in [1.82, 2.24) is 0 Å². The van der Waals surface area contributed by atoms with Crippen molar-refractivity contribution >= 4 is 0 Å². The molecular weight excluding hydrogens is 110 g/mol. The summed E-state index contributed by atoms with van der Waals surface area (Å²) in [7, 11) is 0. The van der Waals surface area contributed by atoms with E-state index in [4.69, 9.17) is 5.73 Å². The maximum Gasteiger partial charge on any atom is -0.00624 e. The fraction of sp³-hybridized carbons (Fsp3) is 0.500. The third-order valence-corrected chi connectivity index (χ3v) is 1.35. The van der Waals surface area contributed by atoms with Gasteiger partial charge < -0.3 is 5.73 Å². The minimum absolute atomic E-state index is 1.13. The lowest BCUT2D eigenvalue weighted by molar-refractivity contribution is 0.978. The minimum atomic E-state index is 1.13. The Hall–Kier alpha value is -0.720. The van der Waals surface area contributed by atoms with Gasteiger partial charge in [0.05, 0.1) is 0 Å². The highest BCUT2D eigenvalue weighted by Gasteiger charge is 1.83. The number of rotatable bonds is 3. The smallest absolute Gasteiger partial charge is 0.00624 e. The van der Waals surface area contributed by atoms with Gasteiger partial charge in [0.25, 0.3) is 0 Å². The fourth-order valence-corrected chi connectivity index (χ4v) is 0.677. The third kappa shape index (κ3) is 3.83. The van der Waals surface area contributed by atoms with Crippen molar-refractivity contribution in [2.45, 2.75) is 26.7 Å². The molecule has 0 aliphatic rings. The molecule has 0 saturated carbocycles. The molecule has 0 unspecified atom stereocenters. The van der Waals surface area contributed by atoms with E-state index < -0.39 is 0 Å². The van der Waals surface area contributed by atoms with Crippen LogP contribution in [0.2, 0.25) is 0 Å². The molecule has 0 saturated heterocycles. The van der Waals surface area contributed by atoms with Gasteiger partial charge in [-0.1, -0.05) is 25.5 Å². The van der Waals surface area contributed by atoms with Crippen LogP contribution in [0.5, 0.6) is 0 Å². The van der Waals surface area contributed by atoms with E-state index >= 15 is 0 Å². The maximum absolute atomic E-state index is 5.16. The first kappa shape index (κ1) is 8.28. The normalized spacial score (nSPS) is 10.0. The van der Waals surface area contributed by atoms with Gasteiger partial charge in [0.1, 0.15) is 0 Å². The Bertz CT molecular complexity index is 106. The summed E-state index contributed by atoms with van der Waals surface area (Å²) in [6.07, 6.45) is 7.76. The summed E-state index contributed by atoms with van der Waals surface area (Å²) in [5.41, 5.74) is 6.60. The van der Waals surface area contributed by atoms with Gasteiger partial charge in [-0.2, -0.15) is 0 Å². The molecule has 0 aromatic heterocycles. The standard InChI is InChI=1S/C8H15N/c1-3-8(4-2)6-5-7-9/h5-7H,3-4,9H2,1-2H3/b7-5-. The van der Waals surface area contributed by atoms with E-state index in [-0.39, 0.29) is 0 Å². The average Bonchev–Trinajstić information content (AvgIpc) is 1.91. The summed E-state index contributed by atoms with van der Waals surface area (Å²) < 4.78 is 0. The fourth-order valence-electron chi connectivity index (χ4n) is 0.677. The van der Waals surface area contributed by atoms with Crippen molar-refractivity contribution in [1.29, 1.82) is 0 Å². The highest BCUT2D eigenvalue weighted by molar-refractivity contribution is 5.10. The molecule has 0 fully saturated rings. The molecule has 0 heterocycles. The number of allylic oxidation sites excluding steroid dienone is 3. The lowest BCUT2D eigenvalue weighted by Gasteiger charge is -1.94. The van der Waals surface area contributed by atoms with Crippen LogP contribution < -0.4 is 5.73 Å². The molecule has 0 rings (SSSR count). The Morgan fingerprint density at radius 1 is 1.33 bits per heavy atom. The van der Waals surface area contributed by atoms with Gasteiger partial charge >= 0.3 is 0 Å². The van der Waals surface area contributed by atoms with Gasteiger partial charge in [-0.05, 0) is 25.1 Å². The van der Waals surface area contributed by atoms with Gasteiger partial charge in [-0.15, -0.1) is 0 Å². The molecule has 0 aromatic carbocycles. The van der Waals surface area contributed by atoms with Crippen LogP contribution in [0.15, 0.2) is 23.9 Å². The SMILES string of the molecule is CCC(=C/C=C\N)CC. The molecule has 1 nitrogen and oxygen atoms in total. The number of hydrogen-bond acceptors (Lipinski definition) is 1. The third-order valence-electron chi connectivity index (χ3n) is 1.35. The molecule has 52 valence electrons. The second-order valence-corrected chi connectivity index (χ2v) is 1.92. The zero-order valence-electron chi connectivity index (χ0n) is 6.22. The first-order valence-electron chi connectivity index (χ1n) is 3.41. The Morgan fingerprint density at radius 2 is 1.89 bits per heavy atom. The van der Waals surface area contributed by atoms with Crippen LogP contribution in [-0.2, 0) is 0 Å². The van der Waals surface area contributed by atoms with E-state index in [1.807, 2.05) is 6.08 Å². The van der Waals surface area contributed by atoms with E-state index in [0.29, 0.717) is 0 Å². The number of nitrogens with two attached hydrogens (primary N) is 1. The molecule has 0 radical (unpaired) electrons. The monoisotopic (exact) mass is 125 g/mol. The quantitative estimate of drug-likeness (QED) is 0.575. The van der Waals surface area contributed by atoms with Crippen LogP contribution in [-0.4, -0.2) is 0 Å². The molecule has 0 aromatic rings. The van der Waals surface area contributed by atoms with Crippen LogP contribution in [0.3, 0.4) is 0 Å². The molecule has 2 N–H and O–H groups in total. The predicted octanol–water partition coefficient (Wildman–Crippen LogP) is 2.21. The molecule has 0 bridgehead atoms. The van der Waals surface area contributed by atoms with Gasteiger partial charge in [-0.25, -0.2) is 0 Å². The van der Waals surface area contributed by atoms with Crippen molar-refractivity contribution in [3.63, 3.8) is 0 Å². The summed E-state index contributed by atoms with van der Waals surface area (Å²) in [5.74, 6) is 0. The molecule has 9 heavy (non-hydrogen) atoms. The van der Waals surface area contributed by atoms with Gasteiger partial charge in [-0.3, -0.25) is 0 Å². The second-order valence-electron chi connectivity index (χ2n) is 1.92. The summed E-state index contributed by atoms with van der Waals surface area (Å²) in [4.78, 5) is 0. The van der Waals surface area contributed by atoms with Crippen molar-refractivity contribution in [3.8, 4) is 0 Å².